The van der Waals surface area contributed by atoms with Gasteiger partial charge in [-0.05, 0) is 66.8 Å². The van der Waals surface area contributed by atoms with E-state index in [0.29, 0.717) is 28.3 Å². The third-order valence-corrected chi connectivity index (χ3v) is 10.1. The molecule has 13 heteroatoms. The lowest BCUT2D eigenvalue weighted by Gasteiger charge is -2.20. The van der Waals surface area contributed by atoms with E-state index < -0.39 is 44.0 Å². The van der Waals surface area contributed by atoms with E-state index in [9.17, 15) is 17.6 Å². The second-order valence-corrected chi connectivity index (χ2v) is 14.1. The largest absolute Gasteiger partial charge is 0.454 e. The lowest BCUT2D eigenvalue weighted by Crippen LogP contribution is -2.23. The summed E-state index contributed by atoms with van der Waals surface area (Å²) in [5, 5.41) is 0.512. The second-order valence-electron chi connectivity index (χ2n) is 12.1. The average molecular weight is 699 g/mol. The van der Waals surface area contributed by atoms with E-state index in [0.717, 1.165) is 22.7 Å². The molecule has 1 atom stereocenters. The predicted octanol–water partition coefficient (Wildman–Crippen LogP) is 6.28. The van der Waals surface area contributed by atoms with Gasteiger partial charge in [0.25, 0.3) is 5.56 Å². The van der Waals surface area contributed by atoms with Crippen LogP contribution in [0, 0.1) is 18.6 Å². The van der Waals surface area contributed by atoms with Gasteiger partial charge >= 0.3 is 0 Å². The SMILES string of the molecule is Cc1cc(-c2cc(F)c(=O)n(Cc3ccc4c(c3)OCO4)c2)nc(S(=O)(=O)CCC(OCc2ccccc2F)c2cc3ccccc3n2C)n1. The molecule has 0 amide bonds. The van der Waals surface area contributed by atoms with Gasteiger partial charge in [-0.3, -0.25) is 4.79 Å². The topological polar surface area (TPSA) is 115 Å². The van der Waals surface area contributed by atoms with Crippen molar-refractivity contribution in [2.75, 3.05) is 12.5 Å². The van der Waals surface area contributed by atoms with E-state index in [-0.39, 0.29) is 37.6 Å². The minimum absolute atomic E-state index is 0.0165. The van der Waals surface area contributed by atoms with Gasteiger partial charge in [0.2, 0.25) is 21.8 Å². The molecule has 0 radical (unpaired) electrons. The normalized spacial score (nSPS) is 13.2. The summed E-state index contributed by atoms with van der Waals surface area (Å²) in [6.07, 6.45) is 0.726. The number of fused-ring (bicyclic) bond motifs is 2. The minimum Gasteiger partial charge on any atom is -0.454 e. The van der Waals surface area contributed by atoms with Gasteiger partial charge in [-0.2, -0.15) is 0 Å². The molecule has 0 N–H and O–H groups in total. The molecule has 10 nitrogen and oxygen atoms in total. The number of nitrogens with zero attached hydrogens (tertiary/aromatic N) is 4. The van der Waals surface area contributed by atoms with E-state index in [4.69, 9.17) is 14.2 Å². The highest BCUT2D eigenvalue weighted by molar-refractivity contribution is 7.91. The van der Waals surface area contributed by atoms with Crippen molar-refractivity contribution in [2.24, 2.45) is 7.05 Å². The van der Waals surface area contributed by atoms with Gasteiger partial charge in [0.1, 0.15) is 5.82 Å². The highest BCUT2D eigenvalue weighted by Crippen LogP contribution is 2.33. The van der Waals surface area contributed by atoms with E-state index in [2.05, 4.69) is 9.97 Å². The predicted molar refractivity (Wildman–Crippen MR) is 182 cm³/mol. The van der Waals surface area contributed by atoms with Gasteiger partial charge in [0.15, 0.2) is 17.3 Å². The quantitative estimate of drug-likeness (QED) is 0.145. The number of halogens is 2. The Labute approximate surface area is 286 Å². The number of sulfone groups is 1. The Bertz CT molecular complexity index is 2410. The van der Waals surface area contributed by atoms with Crippen molar-refractivity contribution in [1.29, 1.82) is 0 Å². The molecule has 0 bridgehead atoms. The molecule has 1 unspecified atom stereocenters. The summed E-state index contributed by atoms with van der Waals surface area (Å²) in [4.78, 5) is 21.3. The van der Waals surface area contributed by atoms with Gasteiger partial charge in [-0.15, -0.1) is 0 Å². The van der Waals surface area contributed by atoms with Crippen LogP contribution in [0.3, 0.4) is 0 Å². The van der Waals surface area contributed by atoms with Gasteiger partial charge in [0, 0.05) is 41.3 Å². The fourth-order valence-electron chi connectivity index (χ4n) is 6.02. The molecular formula is C37H32F2N4O6S. The van der Waals surface area contributed by atoms with Crippen LogP contribution in [0.5, 0.6) is 11.5 Å². The number of aryl methyl sites for hydroxylation is 2. The molecule has 1 aliphatic rings. The summed E-state index contributed by atoms with van der Waals surface area (Å²) in [6, 6.07) is 23.6. The van der Waals surface area contributed by atoms with Crippen LogP contribution in [0.2, 0.25) is 0 Å². The van der Waals surface area contributed by atoms with Crippen LogP contribution in [0.15, 0.2) is 101 Å². The maximum atomic E-state index is 15.0. The van der Waals surface area contributed by atoms with E-state index in [1.165, 1.54) is 22.9 Å². The highest BCUT2D eigenvalue weighted by Gasteiger charge is 2.26. The van der Waals surface area contributed by atoms with Crippen molar-refractivity contribution >= 4 is 20.7 Å². The lowest BCUT2D eigenvalue weighted by molar-refractivity contribution is 0.0318. The Morgan fingerprint density at radius 3 is 2.52 bits per heavy atom. The molecule has 256 valence electrons. The summed E-state index contributed by atoms with van der Waals surface area (Å²) < 4.78 is 77.2. The summed E-state index contributed by atoms with van der Waals surface area (Å²) in [7, 11) is -2.24. The zero-order valence-electron chi connectivity index (χ0n) is 27.2. The molecule has 50 heavy (non-hydrogen) atoms. The van der Waals surface area contributed by atoms with Crippen molar-refractivity contribution in [2.45, 2.75) is 37.8 Å². The smallest absolute Gasteiger partial charge is 0.286 e. The van der Waals surface area contributed by atoms with Gasteiger partial charge in [0.05, 0.1) is 30.7 Å². The fraction of sp³-hybridized carbons (Fsp3) is 0.216. The first-order chi connectivity index (χ1) is 24.1. The van der Waals surface area contributed by atoms with Crippen LogP contribution in [0.25, 0.3) is 22.2 Å². The number of pyridine rings is 1. The van der Waals surface area contributed by atoms with Crippen molar-refractivity contribution in [1.82, 2.24) is 19.1 Å². The fourth-order valence-corrected chi connectivity index (χ4v) is 7.24. The zero-order valence-corrected chi connectivity index (χ0v) is 28.0. The maximum absolute atomic E-state index is 15.0. The Balaban J connectivity index is 1.16. The van der Waals surface area contributed by atoms with Crippen molar-refractivity contribution in [3.05, 3.63) is 136 Å². The molecule has 0 aliphatic carbocycles. The number of ether oxygens (including phenoxy) is 3. The Kier molecular flexibility index (Phi) is 8.93. The number of rotatable bonds is 11. The Hall–Kier alpha value is -5.40. The molecule has 1 aliphatic heterocycles. The molecule has 0 spiro atoms. The highest BCUT2D eigenvalue weighted by atomic mass is 32.2. The number of para-hydroxylation sites is 1. The zero-order chi connectivity index (χ0) is 35.0. The third kappa shape index (κ3) is 6.74. The van der Waals surface area contributed by atoms with Crippen LogP contribution in [-0.4, -0.2) is 40.1 Å². The third-order valence-electron chi connectivity index (χ3n) is 8.61. The first-order valence-corrected chi connectivity index (χ1v) is 17.5. The minimum atomic E-state index is -4.11. The monoisotopic (exact) mass is 698 g/mol. The standard InChI is InChI=1S/C37H32F2N4O6S/c1-23-15-30(27-17-29(39)36(44)43(20-27)19-24-11-12-34-35(16-24)49-22-48-34)41-37(40-23)50(45,46)14-13-33(47-21-26-8-3-5-9-28(26)38)32-18-25-7-4-6-10-31(25)42(32)2/h3-12,15-18,20,33H,13-14,19,21-22H2,1-2H3. The molecular weight excluding hydrogens is 666 g/mol. The van der Waals surface area contributed by atoms with Crippen LogP contribution in [-0.2, 0) is 34.8 Å². The van der Waals surface area contributed by atoms with E-state index in [1.807, 2.05) is 41.9 Å². The molecule has 3 aromatic carbocycles. The molecule has 4 heterocycles. The van der Waals surface area contributed by atoms with Crippen LogP contribution in [0.4, 0.5) is 8.78 Å². The molecule has 6 aromatic rings. The summed E-state index contributed by atoms with van der Waals surface area (Å²) in [6.45, 7) is 1.65. The van der Waals surface area contributed by atoms with Crippen molar-refractivity contribution < 1.29 is 31.4 Å². The van der Waals surface area contributed by atoms with Gasteiger partial charge in [-0.1, -0.05) is 42.5 Å². The number of hydrogen-bond donors (Lipinski definition) is 0. The average Bonchev–Trinajstić information content (AvgIpc) is 3.71. The number of hydrogen-bond acceptors (Lipinski definition) is 8. The van der Waals surface area contributed by atoms with Crippen LogP contribution in [0.1, 0.15) is 35.0 Å². The van der Waals surface area contributed by atoms with Crippen molar-refractivity contribution in [3.8, 4) is 22.8 Å². The van der Waals surface area contributed by atoms with E-state index in [1.54, 1.807) is 43.3 Å². The maximum Gasteiger partial charge on any atom is 0.286 e. The van der Waals surface area contributed by atoms with Gasteiger partial charge < -0.3 is 23.3 Å². The van der Waals surface area contributed by atoms with Crippen LogP contribution < -0.4 is 15.0 Å². The molecule has 0 saturated carbocycles. The van der Waals surface area contributed by atoms with Gasteiger partial charge in [-0.25, -0.2) is 27.2 Å². The first kappa shape index (κ1) is 33.1. The molecule has 3 aromatic heterocycles. The summed E-state index contributed by atoms with van der Waals surface area (Å²) >= 11 is 0. The lowest BCUT2D eigenvalue weighted by atomic mass is 10.1. The van der Waals surface area contributed by atoms with Crippen molar-refractivity contribution in [3.63, 3.8) is 0 Å². The Morgan fingerprint density at radius 1 is 0.920 bits per heavy atom. The number of benzene rings is 3. The van der Waals surface area contributed by atoms with Crippen LogP contribution >= 0.6 is 0 Å². The Morgan fingerprint density at radius 2 is 1.70 bits per heavy atom. The second kappa shape index (κ2) is 13.5. The molecule has 0 saturated heterocycles. The van der Waals surface area contributed by atoms with E-state index >= 15 is 4.39 Å². The summed E-state index contributed by atoms with van der Waals surface area (Å²) in [5.41, 5.74) is 2.50. The first-order valence-electron chi connectivity index (χ1n) is 15.8. The number of aromatic nitrogens is 4. The molecule has 0 fully saturated rings. The summed E-state index contributed by atoms with van der Waals surface area (Å²) in [5.74, 6) is -0.735. The molecule has 7 rings (SSSR count).